The van der Waals surface area contributed by atoms with E-state index in [-0.39, 0.29) is 29.3 Å². The molecule has 54 heavy (non-hydrogen) atoms. The van der Waals surface area contributed by atoms with E-state index in [4.69, 9.17) is 37.8 Å². The van der Waals surface area contributed by atoms with Crippen LogP contribution in [0.5, 0.6) is 0 Å². The van der Waals surface area contributed by atoms with E-state index in [0.29, 0.717) is 30.5 Å². The first-order chi connectivity index (χ1) is 25.8. The minimum atomic E-state index is -0.531. The number of amides is 1. The van der Waals surface area contributed by atoms with Crippen LogP contribution in [0.1, 0.15) is 96.5 Å². The van der Waals surface area contributed by atoms with Crippen LogP contribution in [0.25, 0.3) is 26.9 Å². The van der Waals surface area contributed by atoms with Crippen molar-refractivity contribution in [3.63, 3.8) is 0 Å². The Balaban J connectivity index is 1.19. The molecule has 286 valence electrons. The third-order valence-electron chi connectivity index (χ3n) is 12.2. The van der Waals surface area contributed by atoms with Crippen molar-refractivity contribution in [1.29, 1.82) is 0 Å². The molecule has 1 aliphatic carbocycles. The number of carbonyl (C=O) groups is 1. The second-order valence-corrected chi connectivity index (χ2v) is 17.8. The fourth-order valence-electron chi connectivity index (χ4n) is 9.26. The third-order valence-corrected chi connectivity index (χ3v) is 12.7. The minimum absolute atomic E-state index is 0.0174. The van der Waals surface area contributed by atoms with E-state index in [9.17, 15) is 4.79 Å². The molecular weight excluding hydrogens is 700 g/mol. The lowest BCUT2D eigenvalue weighted by atomic mass is 9.61. The maximum Gasteiger partial charge on any atom is 0.410 e. The van der Waals surface area contributed by atoms with Gasteiger partial charge in [-0.2, -0.15) is 9.78 Å². The van der Waals surface area contributed by atoms with Crippen LogP contribution < -0.4 is 4.90 Å². The molecule has 4 fully saturated rings. The zero-order chi connectivity index (χ0) is 38.0. The molecule has 1 unspecified atom stereocenters. The van der Waals surface area contributed by atoms with Crippen molar-refractivity contribution in [2.24, 2.45) is 5.41 Å². The van der Waals surface area contributed by atoms with Crippen LogP contribution in [-0.2, 0) is 16.0 Å². The predicted octanol–water partition coefficient (Wildman–Crippen LogP) is 9.17. The van der Waals surface area contributed by atoms with Crippen molar-refractivity contribution in [2.75, 3.05) is 44.2 Å². The van der Waals surface area contributed by atoms with Crippen molar-refractivity contribution < 1.29 is 14.3 Å². The van der Waals surface area contributed by atoms with E-state index < -0.39 is 5.60 Å². The molecule has 0 bridgehead atoms. The summed E-state index contributed by atoms with van der Waals surface area (Å²) in [5.74, 6) is 1.32. The second kappa shape index (κ2) is 13.9. The molecule has 2 atom stereocenters. The van der Waals surface area contributed by atoms with E-state index in [1.54, 1.807) is 4.90 Å². The standard InChI is InChI=1S/C42H53ClN8O3/c1-8-41(6)25-47(24-29-14-10-9-11-15-29)17-18-49(41)38-35(34-31-23-45-51(33-16-12-13-19-53-33)32(31)20-28(2)36(34)43)37(44-7)50(46-38)30-21-42(22-30)26-48(27-42)39(52)54-40(3,4)5/h9-11,14-15,20,23,30,33H,8,12-13,16-19,21-22,24-27H2,1-6H3/t33?,41-/m0/s1. The Labute approximate surface area is 323 Å². The van der Waals surface area contributed by atoms with Gasteiger partial charge in [0.05, 0.1) is 27.8 Å². The first-order valence-electron chi connectivity index (χ1n) is 19.6. The molecule has 12 heteroatoms. The van der Waals surface area contributed by atoms with Crippen LogP contribution in [-0.4, -0.2) is 85.9 Å². The van der Waals surface area contributed by atoms with Gasteiger partial charge in [-0.15, -0.1) is 0 Å². The molecule has 4 aromatic rings. The van der Waals surface area contributed by atoms with Crippen LogP contribution in [0.2, 0.25) is 5.02 Å². The molecule has 11 nitrogen and oxygen atoms in total. The molecule has 4 aliphatic rings. The number of aromatic nitrogens is 4. The maximum atomic E-state index is 12.8. The summed E-state index contributed by atoms with van der Waals surface area (Å²) >= 11 is 7.38. The van der Waals surface area contributed by atoms with Gasteiger partial charge in [0.1, 0.15) is 11.6 Å². The van der Waals surface area contributed by atoms with Crippen molar-refractivity contribution in [3.8, 4) is 11.1 Å². The van der Waals surface area contributed by atoms with Crippen molar-refractivity contribution in [1.82, 2.24) is 29.4 Å². The lowest BCUT2D eigenvalue weighted by Crippen LogP contribution is -2.64. The summed E-state index contributed by atoms with van der Waals surface area (Å²) in [6, 6.07) is 12.8. The number of fused-ring (bicyclic) bond motifs is 1. The van der Waals surface area contributed by atoms with E-state index >= 15 is 0 Å². The van der Waals surface area contributed by atoms with E-state index in [2.05, 4.69) is 64.9 Å². The number of likely N-dealkylation sites (tertiary alicyclic amines) is 1. The first kappa shape index (κ1) is 36.8. The van der Waals surface area contributed by atoms with Crippen molar-refractivity contribution in [2.45, 2.75) is 110 Å². The number of rotatable bonds is 7. The summed E-state index contributed by atoms with van der Waals surface area (Å²) in [5, 5.41) is 11.9. The predicted molar refractivity (Wildman–Crippen MR) is 212 cm³/mol. The summed E-state index contributed by atoms with van der Waals surface area (Å²) in [6.45, 7) is 26.4. The zero-order valence-electron chi connectivity index (χ0n) is 32.6. The van der Waals surface area contributed by atoms with Crippen molar-refractivity contribution >= 4 is 40.2 Å². The lowest BCUT2D eigenvalue weighted by molar-refractivity contribution is -0.0922. The molecule has 5 heterocycles. The van der Waals surface area contributed by atoms with Gasteiger partial charge in [-0.3, -0.25) is 4.90 Å². The Hall–Kier alpha value is -4.11. The number of hydrogen-bond acceptors (Lipinski definition) is 7. The molecule has 0 N–H and O–H groups in total. The highest BCUT2D eigenvalue weighted by atomic mass is 35.5. The van der Waals surface area contributed by atoms with Gasteiger partial charge in [0.25, 0.3) is 5.82 Å². The number of anilines is 1. The number of aryl methyl sites for hydroxylation is 1. The van der Waals surface area contributed by atoms with Crippen LogP contribution in [0.4, 0.5) is 16.4 Å². The highest BCUT2D eigenvalue weighted by Gasteiger charge is 2.57. The number of hydrogen-bond donors (Lipinski definition) is 0. The fraction of sp³-hybridized carbons (Fsp3) is 0.571. The van der Waals surface area contributed by atoms with Gasteiger partial charge in [0.2, 0.25) is 0 Å². The summed E-state index contributed by atoms with van der Waals surface area (Å²) in [5.41, 5.74) is 4.03. The van der Waals surface area contributed by atoms with Gasteiger partial charge < -0.3 is 24.1 Å². The second-order valence-electron chi connectivity index (χ2n) is 17.4. The quantitative estimate of drug-likeness (QED) is 0.174. The van der Waals surface area contributed by atoms with Crippen LogP contribution in [0.15, 0.2) is 42.6 Å². The van der Waals surface area contributed by atoms with Gasteiger partial charge in [-0.05, 0) is 90.3 Å². The Morgan fingerprint density at radius 3 is 2.52 bits per heavy atom. The largest absolute Gasteiger partial charge is 0.444 e. The van der Waals surface area contributed by atoms with E-state index in [1.807, 2.05) is 43.3 Å². The highest BCUT2D eigenvalue weighted by Crippen LogP contribution is 2.57. The Kier molecular flexibility index (Phi) is 9.47. The average Bonchev–Trinajstić information content (AvgIpc) is 3.69. The summed E-state index contributed by atoms with van der Waals surface area (Å²) < 4.78 is 15.8. The van der Waals surface area contributed by atoms with Crippen LogP contribution in [0, 0.1) is 18.9 Å². The topological polar surface area (TPSA) is 85.3 Å². The van der Waals surface area contributed by atoms with Gasteiger partial charge in [0, 0.05) is 62.2 Å². The minimum Gasteiger partial charge on any atom is -0.444 e. The molecular formula is C42H53ClN8O3. The van der Waals surface area contributed by atoms with Crippen molar-refractivity contribution in [3.05, 3.63) is 70.2 Å². The molecule has 1 amide bonds. The third kappa shape index (κ3) is 6.54. The Bertz CT molecular complexity index is 2080. The number of halogens is 1. The smallest absolute Gasteiger partial charge is 0.410 e. The highest BCUT2D eigenvalue weighted by molar-refractivity contribution is 6.36. The van der Waals surface area contributed by atoms with Gasteiger partial charge in [0.15, 0.2) is 12.0 Å². The summed E-state index contributed by atoms with van der Waals surface area (Å²) in [6.07, 6.45) is 7.15. The Morgan fingerprint density at radius 1 is 1.09 bits per heavy atom. The van der Waals surface area contributed by atoms with Crippen LogP contribution >= 0.6 is 11.6 Å². The number of nitrogens with zero attached hydrogens (tertiary/aromatic N) is 8. The molecule has 0 radical (unpaired) electrons. The van der Waals surface area contributed by atoms with Gasteiger partial charge in [-0.25, -0.2) is 9.48 Å². The molecule has 1 spiro atoms. The Morgan fingerprint density at radius 2 is 1.85 bits per heavy atom. The normalized spacial score (nSPS) is 23.3. The zero-order valence-corrected chi connectivity index (χ0v) is 33.3. The molecule has 8 rings (SSSR count). The number of benzene rings is 2. The molecule has 3 aliphatic heterocycles. The maximum absolute atomic E-state index is 12.8. The molecule has 3 saturated heterocycles. The summed E-state index contributed by atoms with van der Waals surface area (Å²) in [4.78, 5) is 23.9. The van der Waals surface area contributed by atoms with E-state index in [0.717, 1.165) is 98.1 Å². The number of piperazine rings is 1. The first-order valence-corrected chi connectivity index (χ1v) is 20.0. The summed E-state index contributed by atoms with van der Waals surface area (Å²) in [7, 11) is 0. The van der Waals surface area contributed by atoms with Gasteiger partial charge >= 0.3 is 6.09 Å². The molecule has 2 aromatic carbocycles. The molecule has 2 aromatic heterocycles. The molecule has 1 saturated carbocycles. The fourth-order valence-corrected chi connectivity index (χ4v) is 9.51. The monoisotopic (exact) mass is 752 g/mol. The lowest BCUT2D eigenvalue weighted by Gasteiger charge is -2.57. The SMILES string of the molecule is [C-]#[N+]c1c(-c2c(Cl)c(C)cc3c2cnn3C2CCCCO2)c(N2CCN(Cc3ccccc3)C[C@]2(C)CC)nn1C1CC2(C1)CN(C(=O)OC(C)(C)C)C2. The van der Waals surface area contributed by atoms with E-state index in [1.165, 1.54) is 5.56 Å². The number of ether oxygens (including phenoxy) is 2. The van der Waals surface area contributed by atoms with Gasteiger partial charge in [-0.1, -0.05) is 60.5 Å². The van der Waals surface area contributed by atoms with Crippen LogP contribution in [0.3, 0.4) is 0 Å². The average molecular weight is 753 g/mol. The number of carbonyl (C=O) groups excluding carboxylic acids is 1.